The molecule has 5 heteroatoms. The molecule has 2 rings (SSSR count). The number of nitrogens with two attached hydrogens (primary N) is 1. The van der Waals surface area contributed by atoms with Crippen LogP contribution in [0.25, 0.3) is 0 Å². The SMILES string of the molecule is CC(N)c1ccc(N2CCN(CCO)CC2)cc1Cl. The lowest BCUT2D eigenvalue weighted by Crippen LogP contribution is -2.47. The summed E-state index contributed by atoms with van der Waals surface area (Å²) in [6, 6.07) is 6.07. The molecule has 0 radical (unpaired) electrons. The van der Waals surface area contributed by atoms with Gasteiger partial charge in [-0.1, -0.05) is 17.7 Å². The highest BCUT2D eigenvalue weighted by molar-refractivity contribution is 6.31. The summed E-state index contributed by atoms with van der Waals surface area (Å²) < 4.78 is 0. The van der Waals surface area contributed by atoms with E-state index in [0.29, 0.717) is 0 Å². The molecule has 19 heavy (non-hydrogen) atoms. The molecule has 0 spiro atoms. The number of β-amino-alcohol motifs (C(OH)–C–C–N with tert-alkyl or cyclic N) is 1. The molecule has 1 aromatic carbocycles. The zero-order valence-electron chi connectivity index (χ0n) is 11.3. The van der Waals surface area contributed by atoms with Crippen LogP contribution in [0.4, 0.5) is 5.69 Å². The number of hydrogen-bond donors (Lipinski definition) is 2. The second-order valence-electron chi connectivity index (χ2n) is 5.05. The van der Waals surface area contributed by atoms with Crippen molar-refractivity contribution in [2.24, 2.45) is 5.73 Å². The van der Waals surface area contributed by atoms with Crippen molar-refractivity contribution in [3.05, 3.63) is 28.8 Å². The molecular weight excluding hydrogens is 262 g/mol. The third kappa shape index (κ3) is 3.60. The predicted molar refractivity (Wildman–Crippen MR) is 79.8 cm³/mol. The summed E-state index contributed by atoms with van der Waals surface area (Å²) in [5.41, 5.74) is 8.01. The molecule has 0 bridgehead atoms. The average Bonchev–Trinajstić information content (AvgIpc) is 2.39. The molecule has 0 amide bonds. The van der Waals surface area contributed by atoms with Gasteiger partial charge < -0.3 is 15.7 Å². The Hall–Kier alpha value is -0.810. The molecule has 1 fully saturated rings. The molecule has 1 unspecified atom stereocenters. The molecule has 1 aliphatic rings. The second-order valence-corrected chi connectivity index (χ2v) is 5.45. The molecule has 106 valence electrons. The van der Waals surface area contributed by atoms with E-state index < -0.39 is 0 Å². The number of benzene rings is 1. The first-order valence-corrected chi connectivity index (χ1v) is 7.13. The molecule has 0 aliphatic carbocycles. The summed E-state index contributed by atoms with van der Waals surface area (Å²) >= 11 is 6.27. The Labute approximate surface area is 119 Å². The van der Waals surface area contributed by atoms with Gasteiger partial charge in [-0.3, -0.25) is 4.90 Å². The van der Waals surface area contributed by atoms with Crippen LogP contribution in [0.5, 0.6) is 0 Å². The Balaban J connectivity index is 2.02. The van der Waals surface area contributed by atoms with Gasteiger partial charge in [0, 0.05) is 49.5 Å². The minimum Gasteiger partial charge on any atom is -0.395 e. The van der Waals surface area contributed by atoms with Gasteiger partial charge in [0.05, 0.1) is 6.61 Å². The van der Waals surface area contributed by atoms with E-state index in [4.69, 9.17) is 22.4 Å². The van der Waals surface area contributed by atoms with Crippen LogP contribution in [0.15, 0.2) is 18.2 Å². The van der Waals surface area contributed by atoms with Crippen LogP contribution >= 0.6 is 11.6 Å². The zero-order valence-corrected chi connectivity index (χ0v) is 12.1. The van der Waals surface area contributed by atoms with Gasteiger partial charge in [-0.25, -0.2) is 0 Å². The number of halogens is 1. The minimum absolute atomic E-state index is 0.0389. The zero-order chi connectivity index (χ0) is 13.8. The fraction of sp³-hybridized carbons (Fsp3) is 0.571. The van der Waals surface area contributed by atoms with E-state index in [1.807, 2.05) is 19.1 Å². The fourth-order valence-electron chi connectivity index (χ4n) is 2.45. The molecule has 0 saturated carbocycles. The van der Waals surface area contributed by atoms with E-state index in [9.17, 15) is 0 Å². The van der Waals surface area contributed by atoms with Crippen molar-refractivity contribution in [3.63, 3.8) is 0 Å². The highest BCUT2D eigenvalue weighted by Crippen LogP contribution is 2.27. The molecule has 1 heterocycles. The summed E-state index contributed by atoms with van der Waals surface area (Å²) in [6.07, 6.45) is 0. The van der Waals surface area contributed by atoms with Gasteiger partial charge in [0.1, 0.15) is 0 Å². The molecule has 1 atom stereocenters. The molecule has 3 N–H and O–H groups in total. The molecule has 1 aliphatic heterocycles. The Morgan fingerprint density at radius 2 is 2.00 bits per heavy atom. The largest absolute Gasteiger partial charge is 0.395 e. The van der Waals surface area contributed by atoms with E-state index in [2.05, 4.69) is 15.9 Å². The molecule has 1 saturated heterocycles. The summed E-state index contributed by atoms with van der Waals surface area (Å²) in [6.45, 7) is 6.82. The van der Waals surface area contributed by atoms with Crippen molar-refractivity contribution in [1.29, 1.82) is 0 Å². The van der Waals surface area contributed by atoms with Crippen LogP contribution in [0.2, 0.25) is 5.02 Å². The highest BCUT2D eigenvalue weighted by atomic mass is 35.5. The quantitative estimate of drug-likeness (QED) is 0.879. The van der Waals surface area contributed by atoms with Gasteiger partial charge in [-0.05, 0) is 24.6 Å². The number of rotatable bonds is 4. The first kappa shape index (κ1) is 14.6. The van der Waals surface area contributed by atoms with Crippen LogP contribution in [-0.4, -0.2) is 49.3 Å². The van der Waals surface area contributed by atoms with E-state index in [-0.39, 0.29) is 12.6 Å². The molecular formula is C14H22ClN3O. The van der Waals surface area contributed by atoms with E-state index in [1.165, 1.54) is 0 Å². The van der Waals surface area contributed by atoms with Gasteiger partial charge in [-0.2, -0.15) is 0 Å². The number of nitrogens with zero attached hydrogens (tertiary/aromatic N) is 2. The Bertz CT molecular complexity index is 417. The summed E-state index contributed by atoms with van der Waals surface area (Å²) in [5, 5.41) is 9.68. The van der Waals surface area contributed by atoms with Crippen LogP contribution in [0.1, 0.15) is 18.5 Å². The van der Waals surface area contributed by atoms with E-state index in [1.54, 1.807) is 0 Å². The van der Waals surface area contributed by atoms with Crippen molar-refractivity contribution in [2.75, 3.05) is 44.2 Å². The second kappa shape index (κ2) is 6.57. The topological polar surface area (TPSA) is 52.7 Å². The Morgan fingerprint density at radius 1 is 1.32 bits per heavy atom. The number of piperazine rings is 1. The third-order valence-corrected chi connectivity index (χ3v) is 3.96. The third-order valence-electron chi connectivity index (χ3n) is 3.63. The predicted octanol–water partition coefficient (Wildman–Crippen LogP) is 1.47. The van der Waals surface area contributed by atoms with E-state index >= 15 is 0 Å². The van der Waals surface area contributed by atoms with Crippen LogP contribution in [0, 0.1) is 0 Å². The summed E-state index contributed by atoms with van der Waals surface area (Å²) in [7, 11) is 0. The normalized spacial score (nSPS) is 18.6. The van der Waals surface area contributed by atoms with Crippen molar-refractivity contribution in [1.82, 2.24) is 4.90 Å². The smallest absolute Gasteiger partial charge is 0.0558 e. The first-order valence-electron chi connectivity index (χ1n) is 6.75. The average molecular weight is 284 g/mol. The lowest BCUT2D eigenvalue weighted by Gasteiger charge is -2.36. The van der Waals surface area contributed by atoms with Crippen LogP contribution in [0.3, 0.4) is 0 Å². The Morgan fingerprint density at radius 3 is 2.53 bits per heavy atom. The fourth-order valence-corrected chi connectivity index (χ4v) is 2.80. The van der Waals surface area contributed by atoms with Crippen molar-refractivity contribution in [3.8, 4) is 0 Å². The van der Waals surface area contributed by atoms with Gasteiger partial charge in [-0.15, -0.1) is 0 Å². The Kier molecular flexibility index (Phi) is 5.05. The molecule has 1 aromatic rings. The molecule has 0 aromatic heterocycles. The van der Waals surface area contributed by atoms with Gasteiger partial charge >= 0.3 is 0 Å². The van der Waals surface area contributed by atoms with Crippen molar-refractivity contribution < 1.29 is 5.11 Å². The van der Waals surface area contributed by atoms with E-state index in [0.717, 1.165) is 49.0 Å². The molecule has 4 nitrogen and oxygen atoms in total. The minimum atomic E-state index is -0.0389. The van der Waals surface area contributed by atoms with Gasteiger partial charge in [0.2, 0.25) is 0 Å². The number of aliphatic hydroxyl groups excluding tert-OH is 1. The van der Waals surface area contributed by atoms with Crippen LogP contribution in [-0.2, 0) is 0 Å². The number of anilines is 1. The van der Waals surface area contributed by atoms with Gasteiger partial charge in [0.25, 0.3) is 0 Å². The number of aliphatic hydroxyl groups is 1. The van der Waals surface area contributed by atoms with Crippen LogP contribution < -0.4 is 10.6 Å². The lowest BCUT2D eigenvalue weighted by atomic mass is 10.1. The summed E-state index contributed by atoms with van der Waals surface area (Å²) in [4.78, 5) is 4.60. The monoisotopic (exact) mass is 283 g/mol. The maximum absolute atomic E-state index is 8.94. The summed E-state index contributed by atoms with van der Waals surface area (Å²) in [5.74, 6) is 0. The lowest BCUT2D eigenvalue weighted by molar-refractivity contribution is 0.189. The van der Waals surface area contributed by atoms with Gasteiger partial charge in [0.15, 0.2) is 0 Å². The maximum atomic E-state index is 8.94. The number of hydrogen-bond acceptors (Lipinski definition) is 4. The van der Waals surface area contributed by atoms with Crippen molar-refractivity contribution in [2.45, 2.75) is 13.0 Å². The highest BCUT2D eigenvalue weighted by Gasteiger charge is 2.17. The van der Waals surface area contributed by atoms with Crippen molar-refractivity contribution >= 4 is 17.3 Å². The standard InChI is InChI=1S/C14H22ClN3O/c1-11(16)13-3-2-12(10-14(13)15)18-6-4-17(5-7-18)8-9-19/h2-3,10-11,19H,4-9,16H2,1H3. The maximum Gasteiger partial charge on any atom is 0.0558 e. The first-order chi connectivity index (χ1) is 9.11.